The van der Waals surface area contributed by atoms with Gasteiger partial charge in [0.05, 0.1) is 17.4 Å². The minimum absolute atomic E-state index is 0.0279. The Labute approximate surface area is 153 Å². The SMILES string of the molecule is CC(C(=O)Nc1cccc(C(F)(F)F)c1)N1C(=O)C2C3C=CC(C3)C2C1=O. The summed E-state index contributed by atoms with van der Waals surface area (Å²) < 4.78 is 38.4. The molecule has 3 aliphatic rings. The summed E-state index contributed by atoms with van der Waals surface area (Å²) in [7, 11) is 0. The number of hydrogen-bond acceptors (Lipinski definition) is 3. The fourth-order valence-electron chi connectivity index (χ4n) is 4.44. The van der Waals surface area contributed by atoms with Crippen LogP contribution in [0.2, 0.25) is 0 Å². The van der Waals surface area contributed by atoms with Gasteiger partial charge < -0.3 is 5.32 Å². The Bertz CT molecular complexity index is 834. The van der Waals surface area contributed by atoms with Crippen LogP contribution in [-0.4, -0.2) is 28.7 Å². The van der Waals surface area contributed by atoms with Crippen LogP contribution in [0.3, 0.4) is 0 Å². The highest BCUT2D eigenvalue weighted by molar-refractivity contribution is 6.10. The molecule has 1 N–H and O–H groups in total. The van der Waals surface area contributed by atoms with E-state index < -0.39 is 35.5 Å². The molecular formula is C19H17F3N2O3. The van der Waals surface area contributed by atoms with Crippen LogP contribution in [0.25, 0.3) is 0 Å². The molecule has 0 radical (unpaired) electrons. The van der Waals surface area contributed by atoms with Crippen molar-refractivity contribution in [1.82, 2.24) is 4.90 Å². The van der Waals surface area contributed by atoms with Gasteiger partial charge >= 0.3 is 6.18 Å². The number of benzene rings is 1. The lowest BCUT2D eigenvalue weighted by Gasteiger charge is -2.24. The predicted octanol–water partition coefficient (Wildman–Crippen LogP) is 2.84. The summed E-state index contributed by atoms with van der Waals surface area (Å²) in [6.07, 6.45) is 0.157. The molecule has 27 heavy (non-hydrogen) atoms. The maximum Gasteiger partial charge on any atom is 0.416 e. The van der Waals surface area contributed by atoms with E-state index in [-0.39, 0.29) is 29.3 Å². The molecule has 5 nitrogen and oxygen atoms in total. The third kappa shape index (κ3) is 2.74. The average Bonchev–Trinajstić information content (AvgIpc) is 3.28. The van der Waals surface area contributed by atoms with Crippen molar-refractivity contribution in [3.8, 4) is 0 Å². The zero-order valence-corrected chi connectivity index (χ0v) is 14.4. The van der Waals surface area contributed by atoms with Crippen molar-refractivity contribution in [3.05, 3.63) is 42.0 Å². The van der Waals surface area contributed by atoms with Crippen LogP contribution >= 0.6 is 0 Å². The Morgan fingerprint density at radius 1 is 1.15 bits per heavy atom. The fourth-order valence-corrected chi connectivity index (χ4v) is 4.44. The summed E-state index contributed by atoms with van der Waals surface area (Å²) in [5.41, 5.74) is -0.929. The molecule has 1 heterocycles. The third-order valence-electron chi connectivity index (χ3n) is 5.73. The maximum absolute atomic E-state index is 12.8. The number of imide groups is 1. The van der Waals surface area contributed by atoms with Crippen molar-refractivity contribution >= 4 is 23.4 Å². The lowest BCUT2D eigenvalue weighted by Crippen LogP contribution is -2.46. The number of nitrogens with one attached hydrogen (secondary N) is 1. The molecule has 0 spiro atoms. The Kier molecular flexibility index (Phi) is 3.90. The number of likely N-dealkylation sites (tertiary alicyclic amines) is 1. The van der Waals surface area contributed by atoms with Gasteiger partial charge in [0.15, 0.2) is 0 Å². The highest BCUT2D eigenvalue weighted by Gasteiger charge is 2.60. The second-order valence-electron chi connectivity index (χ2n) is 7.29. The first-order chi connectivity index (χ1) is 12.7. The molecule has 1 saturated heterocycles. The monoisotopic (exact) mass is 378 g/mol. The number of alkyl halides is 3. The molecule has 2 fully saturated rings. The quantitative estimate of drug-likeness (QED) is 0.650. The molecule has 0 aromatic heterocycles. The van der Waals surface area contributed by atoms with Crippen LogP contribution in [0.1, 0.15) is 18.9 Å². The lowest BCUT2D eigenvalue weighted by atomic mass is 9.85. The van der Waals surface area contributed by atoms with Gasteiger partial charge in [-0.05, 0) is 43.4 Å². The van der Waals surface area contributed by atoms with Crippen LogP contribution in [0.4, 0.5) is 18.9 Å². The topological polar surface area (TPSA) is 66.5 Å². The molecule has 5 unspecified atom stereocenters. The van der Waals surface area contributed by atoms with Crippen molar-refractivity contribution < 1.29 is 27.6 Å². The van der Waals surface area contributed by atoms with E-state index in [4.69, 9.17) is 0 Å². The van der Waals surface area contributed by atoms with Crippen molar-refractivity contribution in [1.29, 1.82) is 0 Å². The Morgan fingerprint density at radius 3 is 2.30 bits per heavy atom. The second-order valence-corrected chi connectivity index (χ2v) is 7.29. The van der Waals surface area contributed by atoms with Gasteiger partial charge in [-0.1, -0.05) is 18.2 Å². The Balaban J connectivity index is 1.51. The van der Waals surface area contributed by atoms with Crippen molar-refractivity contribution in [2.24, 2.45) is 23.7 Å². The number of nitrogens with zero attached hydrogens (tertiary/aromatic N) is 1. The molecular weight excluding hydrogens is 361 g/mol. The molecule has 2 bridgehead atoms. The van der Waals surface area contributed by atoms with E-state index in [0.29, 0.717) is 0 Å². The van der Waals surface area contributed by atoms with E-state index in [1.807, 2.05) is 12.2 Å². The number of hydrogen-bond donors (Lipinski definition) is 1. The largest absolute Gasteiger partial charge is 0.416 e. The number of rotatable bonds is 3. The molecule has 1 aromatic rings. The molecule has 1 saturated carbocycles. The van der Waals surface area contributed by atoms with E-state index in [9.17, 15) is 27.6 Å². The fraction of sp³-hybridized carbons (Fsp3) is 0.421. The Morgan fingerprint density at radius 2 is 1.74 bits per heavy atom. The molecule has 3 amide bonds. The van der Waals surface area contributed by atoms with Crippen LogP contribution < -0.4 is 5.32 Å². The summed E-state index contributed by atoms with van der Waals surface area (Å²) in [5.74, 6) is -2.22. The predicted molar refractivity (Wildman–Crippen MR) is 89.1 cm³/mol. The van der Waals surface area contributed by atoms with Gasteiger partial charge in [-0.25, -0.2) is 0 Å². The Hall–Kier alpha value is -2.64. The molecule has 4 rings (SSSR count). The highest BCUT2D eigenvalue weighted by Crippen LogP contribution is 2.52. The van der Waals surface area contributed by atoms with Crippen molar-refractivity contribution in [2.45, 2.75) is 25.6 Å². The first-order valence-corrected chi connectivity index (χ1v) is 8.72. The van der Waals surface area contributed by atoms with Crippen LogP contribution in [-0.2, 0) is 20.6 Å². The standard InChI is InChI=1S/C19H17F3N2O3/c1-9(16(25)23-13-4-2-3-12(8-13)19(20,21)22)24-17(26)14-10-5-6-11(7-10)15(14)18(24)27/h2-6,8-11,14-15H,7H2,1H3,(H,23,25). The number of carbonyl (C=O) groups is 3. The summed E-state index contributed by atoms with van der Waals surface area (Å²) in [6.45, 7) is 1.41. The number of carbonyl (C=O) groups excluding carboxylic acids is 3. The highest BCUT2D eigenvalue weighted by atomic mass is 19.4. The normalized spacial score (nSPS) is 30.0. The van der Waals surface area contributed by atoms with Gasteiger partial charge in [0.25, 0.3) is 0 Å². The van der Waals surface area contributed by atoms with Gasteiger partial charge in [0.1, 0.15) is 6.04 Å². The van der Waals surface area contributed by atoms with Crippen molar-refractivity contribution in [3.63, 3.8) is 0 Å². The average molecular weight is 378 g/mol. The van der Waals surface area contributed by atoms with Gasteiger partial charge in [-0.2, -0.15) is 13.2 Å². The zero-order valence-electron chi connectivity index (χ0n) is 14.4. The molecule has 5 atom stereocenters. The van der Waals surface area contributed by atoms with Gasteiger partial charge in [-0.3, -0.25) is 19.3 Å². The van der Waals surface area contributed by atoms with E-state index in [1.165, 1.54) is 19.1 Å². The van der Waals surface area contributed by atoms with Crippen LogP contribution in [0, 0.1) is 23.7 Å². The van der Waals surface area contributed by atoms with E-state index in [2.05, 4.69) is 5.32 Å². The lowest BCUT2D eigenvalue weighted by molar-refractivity contribution is -0.146. The summed E-state index contributed by atoms with van der Waals surface area (Å²) in [4.78, 5) is 38.9. The van der Waals surface area contributed by atoms with Crippen molar-refractivity contribution in [2.75, 3.05) is 5.32 Å². The summed E-state index contributed by atoms with van der Waals surface area (Å²) in [5, 5.41) is 2.38. The summed E-state index contributed by atoms with van der Waals surface area (Å²) >= 11 is 0. The summed E-state index contributed by atoms with van der Waals surface area (Å²) in [6, 6.07) is 3.13. The van der Waals surface area contributed by atoms with Crippen LogP contribution in [0.5, 0.6) is 0 Å². The van der Waals surface area contributed by atoms with Crippen LogP contribution in [0.15, 0.2) is 36.4 Å². The number of amides is 3. The minimum atomic E-state index is -4.53. The number of halogens is 3. The molecule has 2 aliphatic carbocycles. The molecule has 142 valence electrons. The van der Waals surface area contributed by atoms with E-state index in [0.717, 1.165) is 23.5 Å². The smallest absolute Gasteiger partial charge is 0.324 e. The minimum Gasteiger partial charge on any atom is -0.324 e. The molecule has 1 aliphatic heterocycles. The van der Waals surface area contributed by atoms with E-state index >= 15 is 0 Å². The van der Waals surface area contributed by atoms with Gasteiger partial charge in [0, 0.05) is 5.69 Å². The number of anilines is 1. The molecule has 8 heteroatoms. The first kappa shape index (κ1) is 17.8. The number of allylic oxidation sites excluding steroid dienone is 2. The van der Waals surface area contributed by atoms with Gasteiger partial charge in [-0.15, -0.1) is 0 Å². The first-order valence-electron chi connectivity index (χ1n) is 8.72. The van der Waals surface area contributed by atoms with Gasteiger partial charge in [0.2, 0.25) is 17.7 Å². The number of fused-ring (bicyclic) bond motifs is 5. The molecule has 1 aromatic carbocycles. The maximum atomic E-state index is 12.8. The second kappa shape index (κ2) is 5.94. The van der Waals surface area contributed by atoms with E-state index in [1.54, 1.807) is 0 Å². The zero-order chi connectivity index (χ0) is 19.5. The third-order valence-corrected chi connectivity index (χ3v) is 5.73.